The molecule has 1 rings (SSSR count). The molecule has 1 aromatic rings. The van der Waals surface area contributed by atoms with E-state index in [2.05, 4.69) is 0 Å². The van der Waals surface area contributed by atoms with Crippen LogP contribution in [0.1, 0.15) is 25.8 Å². The molecule has 0 atom stereocenters. The van der Waals surface area contributed by atoms with Crippen molar-refractivity contribution < 1.29 is 27.5 Å². The number of carbonyl (C=O) groups is 1. The molecule has 0 spiro atoms. The van der Waals surface area contributed by atoms with Crippen molar-refractivity contribution in [1.29, 1.82) is 0 Å². The van der Waals surface area contributed by atoms with E-state index >= 15 is 0 Å². The summed E-state index contributed by atoms with van der Waals surface area (Å²) >= 11 is 0. The second-order valence-electron chi connectivity index (χ2n) is 4.64. The third-order valence-electron chi connectivity index (χ3n) is 2.61. The summed E-state index contributed by atoms with van der Waals surface area (Å²) in [6.07, 6.45) is -5.78. The first-order chi connectivity index (χ1) is 8.04. The van der Waals surface area contributed by atoms with E-state index in [1.54, 1.807) is 0 Å². The highest BCUT2D eigenvalue weighted by molar-refractivity contribution is 5.85. The average molecular weight is 264 g/mol. The monoisotopic (exact) mass is 264 g/mol. The number of ketones is 1. The van der Waals surface area contributed by atoms with Crippen LogP contribution in [0.15, 0.2) is 18.2 Å². The van der Waals surface area contributed by atoms with E-state index in [0.29, 0.717) is 0 Å². The van der Waals surface area contributed by atoms with Gasteiger partial charge in [0.05, 0.1) is 0 Å². The van der Waals surface area contributed by atoms with E-state index in [1.165, 1.54) is 13.8 Å². The number of phenolic OH excluding ortho intramolecular Hbond substituents is 1. The summed E-state index contributed by atoms with van der Waals surface area (Å²) in [7, 11) is 0. The molecule has 0 heterocycles. The first-order valence-electron chi connectivity index (χ1n) is 5.13. The van der Waals surface area contributed by atoms with Crippen molar-refractivity contribution in [2.24, 2.45) is 0 Å². The number of halogens is 4. The zero-order valence-electron chi connectivity index (χ0n) is 9.81. The highest BCUT2D eigenvalue weighted by Gasteiger charge is 2.42. The van der Waals surface area contributed by atoms with Gasteiger partial charge in [-0.05, 0) is 18.2 Å². The van der Waals surface area contributed by atoms with Crippen LogP contribution in [0.3, 0.4) is 0 Å². The molecule has 0 radical (unpaired) electrons. The number of rotatable bonds is 3. The summed E-state index contributed by atoms with van der Waals surface area (Å²) in [5.41, 5.74) is -1.33. The molecule has 2 nitrogen and oxygen atoms in total. The SMILES string of the molecule is CC(C)(CC(=O)C(F)(F)F)c1cc(F)ccc1O. The number of Topliss-reactive ketones (excluding diaryl/α,β-unsaturated/α-hetero) is 1. The van der Waals surface area contributed by atoms with Gasteiger partial charge in [-0.3, -0.25) is 4.79 Å². The third kappa shape index (κ3) is 3.21. The van der Waals surface area contributed by atoms with Crippen molar-refractivity contribution in [2.75, 3.05) is 0 Å². The molecule has 0 saturated heterocycles. The average Bonchev–Trinajstić information content (AvgIpc) is 2.19. The second kappa shape index (κ2) is 4.59. The van der Waals surface area contributed by atoms with E-state index in [4.69, 9.17) is 0 Å². The van der Waals surface area contributed by atoms with E-state index in [1.807, 2.05) is 0 Å². The molecule has 1 aromatic carbocycles. The van der Waals surface area contributed by atoms with Gasteiger partial charge in [-0.1, -0.05) is 13.8 Å². The summed E-state index contributed by atoms with van der Waals surface area (Å²) in [6, 6.07) is 2.96. The zero-order chi connectivity index (χ0) is 14.1. The van der Waals surface area contributed by atoms with E-state index in [0.717, 1.165) is 18.2 Å². The summed E-state index contributed by atoms with van der Waals surface area (Å²) in [6.45, 7) is 2.68. The van der Waals surface area contributed by atoms with Crippen LogP contribution < -0.4 is 0 Å². The van der Waals surface area contributed by atoms with Crippen LogP contribution in [-0.4, -0.2) is 17.1 Å². The maximum Gasteiger partial charge on any atom is 0.450 e. The minimum Gasteiger partial charge on any atom is -0.508 e. The van der Waals surface area contributed by atoms with Gasteiger partial charge < -0.3 is 5.11 Å². The first-order valence-corrected chi connectivity index (χ1v) is 5.13. The number of aromatic hydroxyl groups is 1. The maximum absolute atomic E-state index is 13.0. The van der Waals surface area contributed by atoms with Crippen LogP contribution in [0.25, 0.3) is 0 Å². The smallest absolute Gasteiger partial charge is 0.450 e. The number of phenols is 1. The predicted octanol–water partition coefficient (Wildman–Crippen LogP) is 3.33. The molecule has 100 valence electrons. The maximum atomic E-state index is 13.0. The normalized spacial score (nSPS) is 12.6. The minimum absolute atomic E-state index is 0.0277. The Kier molecular flexibility index (Phi) is 3.69. The Morgan fingerprint density at radius 2 is 1.83 bits per heavy atom. The van der Waals surface area contributed by atoms with Crippen LogP contribution >= 0.6 is 0 Å². The number of hydrogen-bond acceptors (Lipinski definition) is 2. The molecule has 0 unspecified atom stereocenters. The lowest BCUT2D eigenvalue weighted by atomic mass is 9.79. The fourth-order valence-corrected chi connectivity index (χ4v) is 1.65. The highest BCUT2D eigenvalue weighted by Crippen LogP contribution is 2.36. The minimum atomic E-state index is -4.93. The molecule has 0 aliphatic rings. The van der Waals surface area contributed by atoms with Gasteiger partial charge in [-0.15, -0.1) is 0 Å². The van der Waals surface area contributed by atoms with Gasteiger partial charge in [0.1, 0.15) is 11.6 Å². The summed E-state index contributed by atoms with van der Waals surface area (Å²) in [4.78, 5) is 10.9. The standard InChI is InChI=1S/C12H12F4O2/c1-11(2,6-10(18)12(14,15)16)8-5-7(13)3-4-9(8)17/h3-5,17H,6H2,1-2H3. The van der Waals surface area contributed by atoms with Gasteiger partial charge in [-0.25, -0.2) is 4.39 Å². The first kappa shape index (κ1) is 14.5. The predicted molar refractivity (Wildman–Crippen MR) is 56.8 cm³/mol. The molecule has 0 amide bonds. The van der Waals surface area contributed by atoms with Gasteiger partial charge in [0.2, 0.25) is 5.78 Å². The Morgan fingerprint density at radius 3 is 2.33 bits per heavy atom. The van der Waals surface area contributed by atoms with Crippen LogP contribution in [0.5, 0.6) is 5.75 Å². The Bertz CT molecular complexity index is 464. The van der Waals surface area contributed by atoms with Crippen molar-refractivity contribution in [2.45, 2.75) is 31.9 Å². The van der Waals surface area contributed by atoms with Crippen molar-refractivity contribution in [3.8, 4) is 5.75 Å². The molecule has 0 fully saturated rings. The summed E-state index contributed by atoms with van der Waals surface area (Å²) < 4.78 is 49.6. The number of hydrogen-bond donors (Lipinski definition) is 1. The quantitative estimate of drug-likeness (QED) is 0.850. The molecule has 1 N–H and O–H groups in total. The van der Waals surface area contributed by atoms with Crippen molar-refractivity contribution >= 4 is 5.78 Å². The van der Waals surface area contributed by atoms with Gasteiger partial charge >= 0.3 is 6.18 Å². The van der Waals surface area contributed by atoms with Gasteiger partial charge in [-0.2, -0.15) is 13.2 Å². The summed E-state index contributed by atoms with van der Waals surface area (Å²) in [5, 5.41) is 9.53. The van der Waals surface area contributed by atoms with E-state index in [-0.39, 0.29) is 11.3 Å². The highest BCUT2D eigenvalue weighted by atomic mass is 19.4. The molecule has 6 heteroatoms. The topological polar surface area (TPSA) is 37.3 Å². The largest absolute Gasteiger partial charge is 0.508 e. The van der Waals surface area contributed by atoms with Gasteiger partial charge in [0.25, 0.3) is 0 Å². The molecular formula is C12H12F4O2. The summed E-state index contributed by atoms with van der Waals surface area (Å²) in [5.74, 6) is -2.93. The fourth-order valence-electron chi connectivity index (χ4n) is 1.65. The van der Waals surface area contributed by atoms with Crippen LogP contribution in [0, 0.1) is 5.82 Å². The van der Waals surface area contributed by atoms with Crippen LogP contribution in [-0.2, 0) is 10.2 Å². The number of benzene rings is 1. The van der Waals surface area contributed by atoms with Crippen LogP contribution in [0.2, 0.25) is 0 Å². The molecule has 0 bridgehead atoms. The lowest BCUT2D eigenvalue weighted by Gasteiger charge is -2.25. The lowest BCUT2D eigenvalue weighted by Crippen LogP contribution is -2.31. The van der Waals surface area contributed by atoms with Crippen molar-refractivity contribution in [1.82, 2.24) is 0 Å². The Labute approximate surface area is 101 Å². The zero-order valence-corrected chi connectivity index (χ0v) is 9.81. The van der Waals surface area contributed by atoms with E-state index < -0.39 is 29.6 Å². The molecule has 18 heavy (non-hydrogen) atoms. The molecule has 0 saturated carbocycles. The van der Waals surface area contributed by atoms with Crippen molar-refractivity contribution in [3.63, 3.8) is 0 Å². The Morgan fingerprint density at radius 1 is 1.28 bits per heavy atom. The van der Waals surface area contributed by atoms with Crippen LogP contribution in [0.4, 0.5) is 17.6 Å². The van der Waals surface area contributed by atoms with E-state index in [9.17, 15) is 27.5 Å². The third-order valence-corrected chi connectivity index (χ3v) is 2.61. The number of carbonyl (C=O) groups excluding carboxylic acids is 1. The van der Waals surface area contributed by atoms with Gasteiger partial charge in [0, 0.05) is 17.4 Å². The Balaban J connectivity index is 3.06. The molecule has 0 aromatic heterocycles. The lowest BCUT2D eigenvalue weighted by molar-refractivity contribution is -0.172. The Hall–Kier alpha value is -1.59. The fraction of sp³-hybridized carbons (Fsp3) is 0.417. The molecular weight excluding hydrogens is 252 g/mol. The molecule has 0 aliphatic heterocycles. The number of alkyl halides is 3. The molecule has 0 aliphatic carbocycles. The second-order valence-corrected chi connectivity index (χ2v) is 4.64. The van der Waals surface area contributed by atoms with Crippen molar-refractivity contribution in [3.05, 3.63) is 29.6 Å². The van der Waals surface area contributed by atoms with Gasteiger partial charge in [0.15, 0.2) is 0 Å².